The summed E-state index contributed by atoms with van der Waals surface area (Å²) in [5.74, 6) is 1.30. The summed E-state index contributed by atoms with van der Waals surface area (Å²) < 4.78 is 10.3. The first-order valence-electron chi connectivity index (χ1n) is 2.53. The standard InChI is InChI=1S/C5H5BrClNO2/c1-9-5-4(6)3(2-7)10-8-5/h2H2,1H3. The predicted octanol–water partition coefficient (Wildman–Crippen LogP) is 2.18. The minimum absolute atomic E-state index is 0.289. The number of rotatable bonds is 2. The predicted molar refractivity (Wildman–Crippen MR) is 40.3 cm³/mol. The number of hydrogen-bond acceptors (Lipinski definition) is 3. The zero-order chi connectivity index (χ0) is 7.56. The number of aromatic nitrogens is 1. The molecule has 1 aromatic rings. The van der Waals surface area contributed by atoms with E-state index in [-0.39, 0.29) is 5.88 Å². The summed E-state index contributed by atoms with van der Waals surface area (Å²) in [6, 6.07) is 0. The fourth-order valence-electron chi connectivity index (χ4n) is 0.506. The van der Waals surface area contributed by atoms with Gasteiger partial charge in [0.2, 0.25) is 0 Å². The van der Waals surface area contributed by atoms with Gasteiger partial charge in [0.25, 0.3) is 5.88 Å². The number of halogens is 2. The largest absolute Gasteiger partial charge is 0.478 e. The minimum atomic E-state index is 0.289. The van der Waals surface area contributed by atoms with E-state index in [2.05, 4.69) is 21.1 Å². The van der Waals surface area contributed by atoms with Crippen LogP contribution in [-0.4, -0.2) is 12.3 Å². The van der Waals surface area contributed by atoms with Gasteiger partial charge in [0.15, 0.2) is 5.76 Å². The number of hydrogen-bond donors (Lipinski definition) is 0. The summed E-state index contributed by atoms with van der Waals surface area (Å²) in [6.45, 7) is 0. The molecule has 0 amide bonds. The van der Waals surface area contributed by atoms with Crippen LogP contribution in [-0.2, 0) is 5.88 Å². The van der Waals surface area contributed by atoms with Crippen molar-refractivity contribution in [3.63, 3.8) is 0 Å². The number of nitrogens with zero attached hydrogens (tertiary/aromatic N) is 1. The molecule has 0 aliphatic heterocycles. The van der Waals surface area contributed by atoms with Gasteiger partial charge in [0.1, 0.15) is 4.47 Å². The highest BCUT2D eigenvalue weighted by Crippen LogP contribution is 2.28. The van der Waals surface area contributed by atoms with Crippen molar-refractivity contribution in [1.29, 1.82) is 0 Å². The molecule has 10 heavy (non-hydrogen) atoms. The summed E-state index contributed by atoms with van der Waals surface area (Å²) >= 11 is 8.69. The zero-order valence-corrected chi connectivity index (χ0v) is 7.57. The van der Waals surface area contributed by atoms with E-state index in [1.54, 1.807) is 0 Å². The van der Waals surface area contributed by atoms with Crippen molar-refractivity contribution in [2.75, 3.05) is 7.11 Å². The molecule has 5 heteroatoms. The normalized spacial score (nSPS) is 9.90. The highest BCUT2D eigenvalue weighted by molar-refractivity contribution is 9.10. The molecule has 0 saturated carbocycles. The molecule has 0 aromatic carbocycles. The number of alkyl halides is 1. The lowest BCUT2D eigenvalue weighted by Gasteiger charge is -1.89. The van der Waals surface area contributed by atoms with Crippen LogP contribution in [0.25, 0.3) is 0 Å². The second-order valence-electron chi connectivity index (χ2n) is 1.56. The molecule has 0 spiro atoms. The van der Waals surface area contributed by atoms with Crippen molar-refractivity contribution < 1.29 is 9.26 Å². The highest BCUT2D eigenvalue weighted by Gasteiger charge is 2.11. The van der Waals surface area contributed by atoms with Gasteiger partial charge in [0.05, 0.1) is 13.0 Å². The Labute approximate surface area is 71.4 Å². The molecule has 1 aromatic heterocycles. The highest BCUT2D eigenvalue weighted by atomic mass is 79.9. The maximum atomic E-state index is 5.48. The molecular weight excluding hydrogens is 221 g/mol. The van der Waals surface area contributed by atoms with Crippen LogP contribution in [0.3, 0.4) is 0 Å². The Hall–Kier alpha value is -0.220. The van der Waals surface area contributed by atoms with Crippen molar-refractivity contribution in [1.82, 2.24) is 5.16 Å². The second-order valence-corrected chi connectivity index (χ2v) is 2.62. The zero-order valence-electron chi connectivity index (χ0n) is 5.23. The average Bonchev–Trinajstić information content (AvgIpc) is 2.30. The molecule has 3 nitrogen and oxygen atoms in total. The van der Waals surface area contributed by atoms with E-state index in [9.17, 15) is 0 Å². The van der Waals surface area contributed by atoms with Crippen LogP contribution in [0, 0.1) is 0 Å². The van der Waals surface area contributed by atoms with Crippen LogP contribution in [0.1, 0.15) is 5.76 Å². The fourth-order valence-corrected chi connectivity index (χ4v) is 1.30. The molecule has 0 fully saturated rings. The first-order valence-corrected chi connectivity index (χ1v) is 3.86. The maximum Gasteiger partial charge on any atom is 0.268 e. The Bertz CT molecular complexity index is 204. The van der Waals surface area contributed by atoms with Crippen LogP contribution >= 0.6 is 27.5 Å². The van der Waals surface area contributed by atoms with Crippen molar-refractivity contribution in [2.24, 2.45) is 0 Å². The van der Waals surface area contributed by atoms with Crippen LogP contribution in [0.5, 0.6) is 5.88 Å². The lowest BCUT2D eigenvalue weighted by molar-refractivity contribution is 0.330. The lowest BCUT2D eigenvalue weighted by atomic mass is 10.5. The van der Waals surface area contributed by atoms with Gasteiger partial charge in [-0.15, -0.1) is 11.6 Å². The third-order valence-electron chi connectivity index (χ3n) is 0.986. The summed E-state index contributed by atoms with van der Waals surface area (Å²) in [6.07, 6.45) is 0. The van der Waals surface area contributed by atoms with E-state index in [1.807, 2.05) is 0 Å². The molecule has 0 saturated heterocycles. The first kappa shape index (κ1) is 7.88. The SMILES string of the molecule is COc1noc(CCl)c1Br. The smallest absolute Gasteiger partial charge is 0.268 e. The van der Waals surface area contributed by atoms with E-state index < -0.39 is 0 Å². The molecule has 1 heterocycles. The van der Waals surface area contributed by atoms with Crippen LogP contribution in [0.2, 0.25) is 0 Å². The quantitative estimate of drug-likeness (QED) is 0.725. The Morgan fingerprint density at radius 2 is 2.50 bits per heavy atom. The maximum absolute atomic E-state index is 5.48. The van der Waals surface area contributed by atoms with E-state index >= 15 is 0 Å². The number of methoxy groups -OCH3 is 1. The van der Waals surface area contributed by atoms with Gasteiger partial charge in [-0.2, -0.15) is 0 Å². The van der Waals surface area contributed by atoms with Gasteiger partial charge in [0, 0.05) is 0 Å². The molecule has 0 aliphatic rings. The van der Waals surface area contributed by atoms with Gasteiger partial charge in [-0.1, -0.05) is 0 Å². The average molecular weight is 226 g/mol. The molecule has 1 rings (SSSR count). The molecule has 0 aliphatic carbocycles. The monoisotopic (exact) mass is 225 g/mol. The molecule has 0 atom stereocenters. The van der Waals surface area contributed by atoms with Gasteiger partial charge >= 0.3 is 0 Å². The van der Waals surface area contributed by atoms with Crippen molar-refractivity contribution in [2.45, 2.75) is 5.88 Å². The Balaban J connectivity index is 2.97. The third-order valence-corrected chi connectivity index (χ3v) is 2.01. The topological polar surface area (TPSA) is 35.3 Å². The van der Waals surface area contributed by atoms with Crippen molar-refractivity contribution in [3.8, 4) is 5.88 Å². The van der Waals surface area contributed by atoms with Gasteiger partial charge in [-0.25, -0.2) is 0 Å². The summed E-state index contributed by atoms with van der Waals surface area (Å²) in [5.41, 5.74) is 0. The lowest BCUT2D eigenvalue weighted by Crippen LogP contribution is -1.81. The molecule has 0 bridgehead atoms. The molecule has 56 valence electrons. The Morgan fingerprint density at radius 1 is 1.80 bits per heavy atom. The van der Waals surface area contributed by atoms with Crippen LogP contribution in [0.4, 0.5) is 0 Å². The molecule has 0 N–H and O–H groups in total. The van der Waals surface area contributed by atoms with Crippen molar-refractivity contribution in [3.05, 3.63) is 10.2 Å². The third kappa shape index (κ3) is 1.27. The van der Waals surface area contributed by atoms with Gasteiger partial charge in [-0.05, 0) is 21.1 Å². The van der Waals surface area contributed by atoms with E-state index in [0.717, 1.165) is 0 Å². The summed E-state index contributed by atoms with van der Waals surface area (Å²) in [4.78, 5) is 0. The van der Waals surface area contributed by atoms with E-state index in [4.69, 9.17) is 20.9 Å². The molecule has 0 radical (unpaired) electrons. The first-order chi connectivity index (χ1) is 4.79. The summed E-state index contributed by atoms with van der Waals surface area (Å²) in [7, 11) is 1.51. The van der Waals surface area contributed by atoms with Gasteiger partial charge in [-0.3, -0.25) is 0 Å². The summed E-state index contributed by atoms with van der Waals surface area (Å²) in [5, 5.41) is 3.58. The van der Waals surface area contributed by atoms with E-state index in [1.165, 1.54) is 7.11 Å². The van der Waals surface area contributed by atoms with Crippen LogP contribution in [0.15, 0.2) is 9.00 Å². The van der Waals surface area contributed by atoms with Crippen molar-refractivity contribution >= 4 is 27.5 Å². The van der Waals surface area contributed by atoms with E-state index in [0.29, 0.717) is 16.1 Å². The minimum Gasteiger partial charge on any atom is -0.478 e. The molecular formula is C5H5BrClNO2. The van der Waals surface area contributed by atoms with Crippen LogP contribution < -0.4 is 4.74 Å². The fraction of sp³-hybridized carbons (Fsp3) is 0.400. The number of ether oxygens (including phenoxy) is 1. The van der Waals surface area contributed by atoms with Gasteiger partial charge < -0.3 is 9.26 Å². The second kappa shape index (κ2) is 3.25. The Kier molecular flexibility index (Phi) is 2.56. The Morgan fingerprint density at radius 3 is 2.80 bits per heavy atom. The molecule has 0 unspecified atom stereocenters.